The van der Waals surface area contributed by atoms with E-state index in [0.29, 0.717) is 24.8 Å². The molecule has 2 aliphatic rings. The summed E-state index contributed by atoms with van der Waals surface area (Å²) in [5.41, 5.74) is -0.443. The largest absolute Gasteiger partial charge is 0.389 e. The minimum absolute atomic E-state index is 0.0482. The normalized spacial score (nSPS) is 25.3. The van der Waals surface area contributed by atoms with Crippen molar-refractivity contribution in [3.8, 4) is 0 Å². The van der Waals surface area contributed by atoms with E-state index in [1.165, 1.54) is 24.3 Å². The summed E-state index contributed by atoms with van der Waals surface area (Å²) in [6.07, 6.45) is 9.32. The molecular weight excluding hydrogens is 365 g/mol. The first kappa shape index (κ1) is 20.2. The van der Waals surface area contributed by atoms with Crippen LogP contribution in [0.2, 0.25) is 0 Å². The van der Waals surface area contributed by atoms with Gasteiger partial charge < -0.3 is 10.0 Å². The molecular formula is C22H27ClFNO2. The molecule has 1 aliphatic carbocycles. The summed E-state index contributed by atoms with van der Waals surface area (Å²) in [7, 11) is 0. The standard InChI is InChI=1S/C22H27ClFNO2/c1-21(10-8-18(23)9-11-21)22(27)12-15-25(16-13-22)14-2-3-20(26)17-4-6-19(24)7-5-17/h4-10,27H,2-3,11-16H2,1H3. The van der Waals surface area contributed by atoms with Gasteiger partial charge in [-0.2, -0.15) is 0 Å². The molecule has 1 saturated heterocycles. The topological polar surface area (TPSA) is 40.5 Å². The number of likely N-dealkylation sites (tertiary alicyclic amines) is 1. The highest BCUT2D eigenvalue weighted by Gasteiger charge is 2.46. The Morgan fingerprint density at radius 1 is 1.26 bits per heavy atom. The van der Waals surface area contributed by atoms with Crippen LogP contribution in [0.4, 0.5) is 4.39 Å². The van der Waals surface area contributed by atoms with Gasteiger partial charge in [-0.3, -0.25) is 4.79 Å². The molecule has 1 heterocycles. The predicted octanol–water partition coefficient (Wildman–Crippen LogP) is 4.70. The predicted molar refractivity (Wildman–Crippen MR) is 106 cm³/mol. The van der Waals surface area contributed by atoms with Crippen LogP contribution in [-0.4, -0.2) is 41.0 Å². The van der Waals surface area contributed by atoms with Crippen LogP contribution in [-0.2, 0) is 0 Å². The van der Waals surface area contributed by atoms with E-state index < -0.39 is 5.60 Å². The van der Waals surface area contributed by atoms with Gasteiger partial charge in [0.25, 0.3) is 0 Å². The quantitative estimate of drug-likeness (QED) is 0.714. The summed E-state index contributed by atoms with van der Waals surface area (Å²) in [6.45, 7) is 4.58. The fraction of sp³-hybridized carbons (Fsp3) is 0.500. The first-order valence-corrected chi connectivity index (χ1v) is 9.98. The zero-order chi connectivity index (χ0) is 19.5. The second-order valence-electron chi connectivity index (χ2n) is 7.95. The van der Waals surface area contributed by atoms with Crippen LogP contribution in [0.1, 0.15) is 49.4 Å². The maximum absolute atomic E-state index is 12.9. The van der Waals surface area contributed by atoms with E-state index in [9.17, 15) is 14.3 Å². The molecule has 1 atom stereocenters. The van der Waals surface area contributed by atoms with Crippen molar-refractivity contribution in [2.24, 2.45) is 5.41 Å². The number of hydrogen-bond acceptors (Lipinski definition) is 3. The SMILES string of the molecule is CC1(C2(O)CCN(CCCC(=O)c3ccc(F)cc3)CC2)C=CC(Cl)=CC1. The first-order valence-electron chi connectivity index (χ1n) is 9.60. The van der Waals surface area contributed by atoms with Gasteiger partial charge in [-0.25, -0.2) is 4.39 Å². The lowest BCUT2D eigenvalue weighted by atomic mass is 9.65. The van der Waals surface area contributed by atoms with Gasteiger partial charge in [0, 0.05) is 35.5 Å². The van der Waals surface area contributed by atoms with E-state index in [2.05, 4.69) is 11.8 Å². The Balaban J connectivity index is 1.45. The van der Waals surface area contributed by atoms with Crippen LogP contribution in [0.3, 0.4) is 0 Å². The van der Waals surface area contributed by atoms with Crippen LogP contribution >= 0.6 is 11.6 Å². The van der Waals surface area contributed by atoms with Gasteiger partial charge in [0.05, 0.1) is 5.60 Å². The molecule has 0 bridgehead atoms. The molecule has 1 fully saturated rings. The molecule has 0 radical (unpaired) electrons. The summed E-state index contributed by atoms with van der Waals surface area (Å²) >= 11 is 6.02. The van der Waals surface area contributed by atoms with Crippen molar-refractivity contribution in [1.29, 1.82) is 0 Å². The average Bonchev–Trinajstić information content (AvgIpc) is 2.66. The third kappa shape index (κ3) is 4.68. The highest BCUT2D eigenvalue weighted by Crippen LogP contribution is 2.45. The number of halogens is 2. The molecule has 5 heteroatoms. The Hall–Kier alpha value is -1.49. The Morgan fingerprint density at radius 3 is 2.52 bits per heavy atom. The Kier molecular flexibility index (Phi) is 6.19. The van der Waals surface area contributed by atoms with Crippen molar-refractivity contribution in [2.75, 3.05) is 19.6 Å². The number of carbonyl (C=O) groups is 1. The van der Waals surface area contributed by atoms with Gasteiger partial charge in [-0.05, 0) is 62.6 Å². The highest BCUT2D eigenvalue weighted by molar-refractivity contribution is 6.31. The van der Waals surface area contributed by atoms with Crippen molar-refractivity contribution in [3.63, 3.8) is 0 Å². The molecule has 27 heavy (non-hydrogen) atoms. The zero-order valence-electron chi connectivity index (χ0n) is 15.8. The molecule has 0 spiro atoms. The number of allylic oxidation sites excluding steroid dienone is 3. The van der Waals surface area contributed by atoms with E-state index in [0.717, 1.165) is 37.5 Å². The molecule has 1 unspecified atom stereocenters. The number of benzene rings is 1. The number of aliphatic hydroxyl groups is 1. The molecule has 1 aliphatic heterocycles. The van der Waals surface area contributed by atoms with Crippen LogP contribution in [0, 0.1) is 11.2 Å². The molecule has 3 nitrogen and oxygen atoms in total. The second-order valence-corrected chi connectivity index (χ2v) is 8.39. The van der Waals surface area contributed by atoms with Gasteiger partial charge in [0.1, 0.15) is 5.82 Å². The van der Waals surface area contributed by atoms with Crippen molar-refractivity contribution in [2.45, 2.75) is 44.6 Å². The molecule has 1 aromatic carbocycles. The van der Waals surface area contributed by atoms with Gasteiger partial charge in [0.2, 0.25) is 0 Å². The third-order valence-electron chi connectivity index (χ3n) is 6.12. The van der Waals surface area contributed by atoms with E-state index in [1.54, 1.807) is 0 Å². The van der Waals surface area contributed by atoms with Crippen LogP contribution < -0.4 is 0 Å². The molecule has 146 valence electrons. The lowest BCUT2D eigenvalue weighted by Gasteiger charge is -2.48. The summed E-state index contributed by atoms with van der Waals surface area (Å²) in [5, 5.41) is 11.9. The summed E-state index contributed by atoms with van der Waals surface area (Å²) < 4.78 is 12.9. The Morgan fingerprint density at radius 2 is 1.93 bits per heavy atom. The molecule has 3 rings (SSSR count). The van der Waals surface area contributed by atoms with Crippen molar-refractivity contribution in [3.05, 3.63) is 58.9 Å². The maximum Gasteiger partial charge on any atom is 0.162 e. The van der Waals surface area contributed by atoms with Gasteiger partial charge in [0.15, 0.2) is 5.78 Å². The number of hydrogen-bond donors (Lipinski definition) is 1. The molecule has 0 aromatic heterocycles. The Bertz CT molecular complexity index is 735. The summed E-state index contributed by atoms with van der Waals surface area (Å²) in [4.78, 5) is 14.5. The van der Waals surface area contributed by atoms with Crippen molar-refractivity contribution >= 4 is 17.4 Å². The fourth-order valence-corrected chi connectivity index (χ4v) is 4.16. The number of Topliss-reactive ketones (excluding diaryl/α,β-unsaturated/α-hetero) is 1. The number of nitrogens with zero attached hydrogens (tertiary/aromatic N) is 1. The lowest BCUT2D eigenvalue weighted by Crippen LogP contribution is -2.53. The van der Waals surface area contributed by atoms with E-state index in [-0.39, 0.29) is 17.0 Å². The molecule has 1 aromatic rings. The Labute approximate surface area is 165 Å². The van der Waals surface area contributed by atoms with Crippen LogP contribution in [0.5, 0.6) is 0 Å². The highest BCUT2D eigenvalue weighted by atomic mass is 35.5. The number of piperidine rings is 1. The van der Waals surface area contributed by atoms with E-state index in [4.69, 9.17) is 11.6 Å². The average molecular weight is 392 g/mol. The van der Waals surface area contributed by atoms with Gasteiger partial charge in [-0.15, -0.1) is 0 Å². The monoisotopic (exact) mass is 391 g/mol. The fourth-order valence-electron chi connectivity index (χ4n) is 4.02. The minimum atomic E-state index is -0.724. The molecule has 0 saturated carbocycles. The third-order valence-corrected chi connectivity index (χ3v) is 6.40. The minimum Gasteiger partial charge on any atom is -0.389 e. The number of carbonyl (C=O) groups excluding carboxylic acids is 1. The maximum atomic E-state index is 12.9. The zero-order valence-corrected chi connectivity index (χ0v) is 16.5. The van der Waals surface area contributed by atoms with Gasteiger partial charge >= 0.3 is 0 Å². The van der Waals surface area contributed by atoms with Crippen molar-refractivity contribution in [1.82, 2.24) is 4.90 Å². The van der Waals surface area contributed by atoms with Crippen molar-refractivity contribution < 1.29 is 14.3 Å². The second kappa shape index (κ2) is 8.26. The first-order chi connectivity index (χ1) is 12.8. The van der Waals surface area contributed by atoms with Crippen LogP contribution in [0.25, 0.3) is 0 Å². The number of ketones is 1. The smallest absolute Gasteiger partial charge is 0.162 e. The van der Waals surface area contributed by atoms with Crippen LogP contribution in [0.15, 0.2) is 47.5 Å². The van der Waals surface area contributed by atoms with E-state index >= 15 is 0 Å². The summed E-state index contributed by atoms with van der Waals surface area (Å²) in [5.74, 6) is -0.279. The molecule has 0 amide bonds. The van der Waals surface area contributed by atoms with E-state index in [1.807, 2.05) is 18.2 Å². The van der Waals surface area contributed by atoms with Gasteiger partial charge in [-0.1, -0.05) is 30.7 Å². The lowest BCUT2D eigenvalue weighted by molar-refractivity contribution is -0.0930. The summed E-state index contributed by atoms with van der Waals surface area (Å²) in [6, 6.07) is 5.72. The number of rotatable bonds is 6. The molecule has 1 N–H and O–H groups in total.